The zero-order chi connectivity index (χ0) is 11.0. The van der Waals surface area contributed by atoms with Crippen LogP contribution in [0.3, 0.4) is 0 Å². The maximum atomic E-state index is 12.2. The summed E-state index contributed by atoms with van der Waals surface area (Å²) in [6.07, 6.45) is -3.26. The van der Waals surface area contributed by atoms with E-state index in [1.54, 1.807) is 0 Å². The fourth-order valence-corrected chi connectivity index (χ4v) is 1.66. The number of nitrogens with two attached hydrogens (primary N) is 1. The Bertz CT molecular complexity index is 195. The van der Waals surface area contributed by atoms with Gasteiger partial charge in [0.15, 0.2) is 5.50 Å². The molecule has 0 radical (unpaired) electrons. The molecule has 1 atom stereocenters. The molecule has 1 aliphatic heterocycles. The summed E-state index contributed by atoms with van der Waals surface area (Å²) in [5.41, 5.74) is 3.57. The van der Waals surface area contributed by atoms with Gasteiger partial charge in [-0.3, -0.25) is 4.90 Å². The van der Waals surface area contributed by atoms with Crippen LogP contribution in [0.25, 0.3) is 0 Å². The molecule has 1 saturated heterocycles. The molecule has 2 nitrogen and oxygen atoms in total. The van der Waals surface area contributed by atoms with E-state index in [9.17, 15) is 13.2 Å². The van der Waals surface area contributed by atoms with Gasteiger partial charge in [0.25, 0.3) is 0 Å². The Morgan fingerprint density at radius 2 is 1.79 bits per heavy atom. The normalized spacial score (nSPS) is 26.1. The summed E-state index contributed by atoms with van der Waals surface area (Å²) in [5, 5.41) is 0. The first kappa shape index (κ1) is 12.1. The van der Waals surface area contributed by atoms with E-state index in [-0.39, 0.29) is 5.54 Å². The maximum Gasteiger partial charge on any atom is 0.418 e. The van der Waals surface area contributed by atoms with Crippen LogP contribution in [0.4, 0.5) is 13.2 Å². The molecule has 6 heteroatoms. The van der Waals surface area contributed by atoms with Crippen molar-refractivity contribution in [1.29, 1.82) is 0 Å². The molecule has 1 fully saturated rings. The monoisotopic (exact) mass is 230 g/mol. The minimum atomic E-state index is -4.36. The first-order chi connectivity index (χ1) is 6.22. The van der Waals surface area contributed by atoms with Gasteiger partial charge in [-0.25, -0.2) is 0 Å². The number of rotatable bonds is 1. The van der Waals surface area contributed by atoms with E-state index in [2.05, 4.69) is 0 Å². The van der Waals surface area contributed by atoms with Crippen molar-refractivity contribution >= 4 is 11.6 Å². The van der Waals surface area contributed by atoms with Gasteiger partial charge in [-0.05, 0) is 19.8 Å². The molecule has 1 unspecified atom stereocenters. The van der Waals surface area contributed by atoms with Gasteiger partial charge in [0.05, 0.1) is 0 Å². The van der Waals surface area contributed by atoms with Gasteiger partial charge in [-0.15, -0.1) is 0 Å². The molecule has 0 saturated carbocycles. The predicted octanol–water partition coefficient (Wildman–Crippen LogP) is 1.93. The van der Waals surface area contributed by atoms with E-state index in [4.69, 9.17) is 17.3 Å². The lowest BCUT2D eigenvalue weighted by Gasteiger charge is -2.39. The van der Waals surface area contributed by atoms with Crippen LogP contribution in [0.2, 0.25) is 0 Å². The molecule has 1 aliphatic rings. The highest BCUT2D eigenvalue weighted by Gasteiger charge is 2.44. The number of hydrogen-bond donors (Lipinski definition) is 1. The minimum Gasteiger partial charge on any atom is -0.325 e. The second-order valence-corrected chi connectivity index (χ2v) is 4.48. The standard InChI is InChI=1S/C8H14ClF3N2/c1-7(13)2-4-14(5-3-7)6(9)8(10,11)12/h6H,2-5,13H2,1H3. The lowest BCUT2D eigenvalue weighted by atomic mass is 9.91. The molecule has 0 aromatic rings. The largest absolute Gasteiger partial charge is 0.418 e. The molecule has 1 rings (SSSR count). The Balaban J connectivity index is 2.50. The molecule has 14 heavy (non-hydrogen) atoms. The fourth-order valence-electron chi connectivity index (χ4n) is 1.47. The van der Waals surface area contributed by atoms with Crippen LogP contribution in [0.15, 0.2) is 0 Å². The van der Waals surface area contributed by atoms with Crippen molar-refractivity contribution in [3.8, 4) is 0 Å². The second-order valence-electron chi connectivity index (χ2n) is 4.07. The average Bonchev–Trinajstić information content (AvgIpc) is 2.01. The smallest absolute Gasteiger partial charge is 0.325 e. The van der Waals surface area contributed by atoms with Crippen molar-refractivity contribution < 1.29 is 13.2 Å². The first-order valence-corrected chi connectivity index (χ1v) is 4.90. The predicted molar refractivity (Wildman–Crippen MR) is 49.1 cm³/mol. The highest BCUT2D eigenvalue weighted by atomic mass is 35.5. The SMILES string of the molecule is CC1(N)CCN(C(Cl)C(F)(F)F)CC1. The van der Waals surface area contributed by atoms with Crippen molar-refractivity contribution in [3.63, 3.8) is 0 Å². The lowest BCUT2D eigenvalue weighted by molar-refractivity contribution is -0.163. The van der Waals surface area contributed by atoms with E-state index in [1.165, 1.54) is 4.90 Å². The molecular formula is C8H14ClF3N2. The van der Waals surface area contributed by atoms with Gasteiger partial charge in [-0.1, -0.05) is 11.6 Å². The molecule has 0 aromatic carbocycles. The summed E-state index contributed by atoms with van der Waals surface area (Å²) in [7, 11) is 0. The maximum absolute atomic E-state index is 12.2. The third kappa shape index (κ3) is 3.00. The van der Waals surface area contributed by atoms with Crippen LogP contribution >= 0.6 is 11.6 Å². The quantitative estimate of drug-likeness (QED) is 0.551. The summed E-state index contributed by atoms with van der Waals surface area (Å²) >= 11 is 5.29. The van der Waals surface area contributed by atoms with Crippen LogP contribution in [-0.4, -0.2) is 35.2 Å². The van der Waals surface area contributed by atoms with Gasteiger partial charge < -0.3 is 5.73 Å². The van der Waals surface area contributed by atoms with E-state index in [0.29, 0.717) is 25.9 Å². The molecule has 0 aliphatic carbocycles. The molecule has 2 N–H and O–H groups in total. The van der Waals surface area contributed by atoms with Crippen LogP contribution < -0.4 is 5.73 Å². The molecular weight excluding hydrogens is 217 g/mol. The third-order valence-electron chi connectivity index (χ3n) is 2.53. The van der Waals surface area contributed by atoms with Crippen molar-refractivity contribution in [1.82, 2.24) is 4.90 Å². The van der Waals surface area contributed by atoms with Crippen molar-refractivity contribution in [2.45, 2.75) is 37.0 Å². The number of alkyl halides is 4. The lowest BCUT2D eigenvalue weighted by Crippen LogP contribution is -2.53. The summed E-state index contributed by atoms with van der Waals surface area (Å²) < 4.78 is 36.7. The molecule has 84 valence electrons. The van der Waals surface area contributed by atoms with E-state index < -0.39 is 11.7 Å². The number of piperidine rings is 1. The summed E-state index contributed by atoms with van der Waals surface area (Å²) in [5.74, 6) is 0. The van der Waals surface area contributed by atoms with Gasteiger partial charge in [-0.2, -0.15) is 13.2 Å². The Kier molecular flexibility index (Phi) is 3.33. The van der Waals surface area contributed by atoms with Crippen molar-refractivity contribution in [2.75, 3.05) is 13.1 Å². The summed E-state index contributed by atoms with van der Waals surface area (Å²) in [6, 6.07) is 0. The van der Waals surface area contributed by atoms with Crippen molar-refractivity contribution in [3.05, 3.63) is 0 Å². The summed E-state index contributed by atoms with van der Waals surface area (Å²) in [6.45, 7) is 2.46. The van der Waals surface area contributed by atoms with Gasteiger partial charge in [0, 0.05) is 18.6 Å². The number of nitrogens with zero attached hydrogens (tertiary/aromatic N) is 1. The Hall–Kier alpha value is -0.0000000000000000555. The minimum absolute atomic E-state index is 0.306. The third-order valence-corrected chi connectivity index (χ3v) is 3.05. The van der Waals surface area contributed by atoms with Crippen LogP contribution in [0.1, 0.15) is 19.8 Å². The van der Waals surface area contributed by atoms with Gasteiger partial charge in [0.1, 0.15) is 0 Å². The molecule has 0 amide bonds. The van der Waals surface area contributed by atoms with Gasteiger partial charge in [0.2, 0.25) is 0 Å². The van der Waals surface area contributed by atoms with E-state index in [0.717, 1.165) is 0 Å². The Morgan fingerprint density at radius 3 is 2.14 bits per heavy atom. The van der Waals surface area contributed by atoms with E-state index >= 15 is 0 Å². The summed E-state index contributed by atoms with van der Waals surface area (Å²) in [4.78, 5) is 1.22. The Morgan fingerprint density at radius 1 is 1.36 bits per heavy atom. The van der Waals surface area contributed by atoms with Crippen LogP contribution in [-0.2, 0) is 0 Å². The molecule has 0 spiro atoms. The highest BCUT2D eigenvalue weighted by molar-refractivity contribution is 6.20. The Labute approximate surface area is 86.2 Å². The zero-order valence-electron chi connectivity index (χ0n) is 7.94. The number of likely N-dealkylation sites (tertiary alicyclic amines) is 1. The highest BCUT2D eigenvalue weighted by Crippen LogP contribution is 2.31. The van der Waals surface area contributed by atoms with E-state index in [1.807, 2.05) is 6.92 Å². The van der Waals surface area contributed by atoms with Gasteiger partial charge >= 0.3 is 6.18 Å². The second kappa shape index (κ2) is 3.87. The number of halogens is 4. The first-order valence-electron chi connectivity index (χ1n) is 4.46. The number of hydrogen-bond acceptors (Lipinski definition) is 2. The zero-order valence-corrected chi connectivity index (χ0v) is 8.70. The average molecular weight is 231 g/mol. The van der Waals surface area contributed by atoms with Crippen molar-refractivity contribution in [2.24, 2.45) is 5.73 Å². The van der Waals surface area contributed by atoms with Crippen LogP contribution in [0, 0.1) is 0 Å². The van der Waals surface area contributed by atoms with Crippen LogP contribution in [0.5, 0.6) is 0 Å². The molecule has 0 aromatic heterocycles. The molecule has 1 heterocycles. The molecule has 0 bridgehead atoms. The topological polar surface area (TPSA) is 29.3 Å². The fraction of sp³-hybridized carbons (Fsp3) is 1.00.